The number of aldehydes is 1. The molecule has 0 atom stereocenters. The normalized spacial score (nSPS) is 10.3. The number of nitrogens with zero attached hydrogens (tertiary/aromatic N) is 2. The maximum Gasteiger partial charge on any atom is 0.161 e. The molecule has 0 aliphatic carbocycles. The van der Waals surface area contributed by atoms with Gasteiger partial charge in [0.1, 0.15) is 0 Å². The van der Waals surface area contributed by atoms with Crippen LogP contribution in [0.1, 0.15) is 16.1 Å². The second-order valence-electron chi connectivity index (χ2n) is 4.18. The highest BCUT2D eigenvalue weighted by Gasteiger charge is 2.15. The lowest BCUT2D eigenvalue weighted by molar-refractivity contribution is 0.112. The van der Waals surface area contributed by atoms with Gasteiger partial charge in [0.25, 0.3) is 0 Å². The number of carbonyl (C=O) groups is 1. The van der Waals surface area contributed by atoms with Gasteiger partial charge in [-0.1, -0.05) is 0 Å². The molecule has 1 aromatic carbocycles. The Labute approximate surface area is 111 Å². The summed E-state index contributed by atoms with van der Waals surface area (Å²) in [6.07, 6.45) is 2.55. The summed E-state index contributed by atoms with van der Waals surface area (Å²) in [5, 5.41) is 4.19. The molecule has 100 valence electrons. The fourth-order valence-corrected chi connectivity index (χ4v) is 1.99. The number of methoxy groups -OCH3 is 2. The van der Waals surface area contributed by atoms with E-state index in [4.69, 9.17) is 9.47 Å². The molecule has 1 heterocycles. The molecule has 5 nitrogen and oxygen atoms in total. The summed E-state index contributed by atoms with van der Waals surface area (Å²) in [7, 11) is 4.97. The number of ether oxygens (including phenoxy) is 2. The number of carbonyl (C=O) groups excluding carboxylic acids is 1. The zero-order valence-electron chi connectivity index (χ0n) is 11.4. The van der Waals surface area contributed by atoms with Crippen LogP contribution in [0.25, 0.3) is 11.1 Å². The van der Waals surface area contributed by atoms with Crippen LogP contribution in [-0.4, -0.2) is 30.3 Å². The molecule has 1 aromatic heterocycles. The Bertz CT molecular complexity index is 617. The Morgan fingerprint density at radius 2 is 1.79 bits per heavy atom. The monoisotopic (exact) mass is 260 g/mol. The number of rotatable bonds is 4. The minimum Gasteiger partial charge on any atom is -0.493 e. The summed E-state index contributed by atoms with van der Waals surface area (Å²) < 4.78 is 12.2. The topological polar surface area (TPSA) is 53.3 Å². The zero-order chi connectivity index (χ0) is 14.0. The van der Waals surface area contributed by atoms with E-state index in [2.05, 4.69) is 5.10 Å². The largest absolute Gasteiger partial charge is 0.493 e. The Kier molecular flexibility index (Phi) is 3.55. The minimum absolute atomic E-state index is 0.537. The van der Waals surface area contributed by atoms with Gasteiger partial charge in [0, 0.05) is 23.9 Å². The van der Waals surface area contributed by atoms with Crippen LogP contribution in [0.2, 0.25) is 0 Å². The van der Waals surface area contributed by atoms with E-state index in [1.807, 2.05) is 14.0 Å². The molecule has 0 aliphatic rings. The van der Waals surface area contributed by atoms with E-state index in [1.54, 1.807) is 37.2 Å². The van der Waals surface area contributed by atoms with Gasteiger partial charge in [-0.15, -0.1) is 0 Å². The first kappa shape index (κ1) is 13.1. The van der Waals surface area contributed by atoms with Crippen molar-refractivity contribution in [1.29, 1.82) is 0 Å². The number of aromatic nitrogens is 2. The van der Waals surface area contributed by atoms with Crippen molar-refractivity contribution >= 4 is 6.29 Å². The highest BCUT2D eigenvalue weighted by atomic mass is 16.5. The summed E-state index contributed by atoms with van der Waals surface area (Å²) in [4.78, 5) is 11.3. The molecule has 5 heteroatoms. The van der Waals surface area contributed by atoms with Crippen LogP contribution in [0.3, 0.4) is 0 Å². The van der Waals surface area contributed by atoms with Gasteiger partial charge in [0.2, 0.25) is 0 Å². The quantitative estimate of drug-likeness (QED) is 0.791. The van der Waals surface area contributed by atoms with Crippen LogP contribution in [-0.2, 0) is 7.05 Å². The number of hydrogen-bond acceptors (Lipinski definition) is 4. The molecule has 2 aromatic rings. The average molecular weight is 260 g/mol. The van der Waals surface area contributed by atoms with Gasteiger partial charge in [-0.25, -0.2) is 0 Å². The van der Waals surface area contributed by atoms with Crippen molar-refractivity contribution in [3.63, 3.8) is 0 Å². The fraction of sp³-hybridized carbons (Fsp3) is 0.286. The van der Waals surface area contributed by atoms with Crippen LogP contribution in [0.5, 0.6) is 11.5 Å². The van der Waals surface area contributed by atoms with Gasteiger partial charge in [-0.2, -0.15) is 5.10 Å². The molecular formula is C14H16N2O3. The molecule has 0 saturated heterocycles. The molecule has 0 radical (unpaired) electrons. The van der Waals surface area contributed by atoms with E-state index in [1.165, 1.54) is 0 Å². The summed E-state index contributed by atoms with van der Waals surface area (Å²) in [5.74, 6) is 1.13. The molecule has 0 amide bonds. The first-order valence-corrected chi connectivity index (χ1v) is 5.82. The predicted octanol–water partition coefficient (Wildman–Crippen LogP) is 2.23. The molecular weight excluding hydrogens is 244 g/mol. The molecule has 0 N–H and O–H groups in total. The highest BCUT2D eigenvalue weighted by molar-refractivity contribution is 5.89. The Balaban J connectivity index is 2.68. The van der Waals surface area contributed by atoms with Crippen LogP contribution in [0.4, 0.5) is 0 Å². The minimum atomic E-state index is 0.537. The molecule has 0 bridgehead atoms. The number of benzene rings is 1. The maximum absolute atomic E-state index is 11.3. The summed E-state index contributed by atoms with van der Waals surface area (Å²) in [6.45, 7) is 1.95. The lowest BCUT2D eigenvalue weighted by atomic mass is 10.00. The van der Waals surface area contributed by atoms with Gasteiger partial charge in [-0.05, 0) is 24.6 Å². The van der Waals surface area contributed by atoms with Crippen molar-refractivity contribution in [2.45, 2.75) is 6.92 Å². The fourth-order valence-electron chi connectivity index (χ4n) is 1.99. The van der Waals surface area contributed by atoms with Crippen molar-refractivity contribution in [2.24, 2.45) is 7.05 Å². The maximum atomic E-state index is 11.3. The van der Waals surface area contributed by atoms with E-state index < -0.39 is 0 Å². The Hall–Kier alpha value is -2.30. The van der Waals surface area contributed by atoms with E-state index in [9.17, 15) is 4.79 Å². The van der Waals surface area contributed by atoms with Crippen LogP contribution < -0.4 is 9.47 Å². The second kappa shape index (κ2) is 5.14. The standard InChI is InChI=1S/C14H16N2O3/c1-9-12(7-15-16(9)2)11-6-14(19-4)13(18-3)5-10(11)8-17/h5-8H,1-4H3. The van der Waals surface area contributed by atoms with E-state index in [-0.39, 0.29) is 0 Å². The third-order valence-corrected chi connectivity index (χ3v) is 3.21. The Morgan fingerprint density at radius 1 is 1.16 bits per heavy atom. The molecule has 0 spiro atoms. The van der Waals surface area contributed by atoms with Crippen molar-refractivity contribution in [1.82, 2.24) is 9.78 Å². The van der Waals surface area contributed by atoms with Gasteiger partial charge >= 0.3 is 0 Å². The van der Waals surface area contributed by atoms with Crippen LogP contribution >= 0.6 is 0 Å². The van der Waals surface area contributed by atoms with E-state index in [0.717, 1.165) is 23.1 Å². The lowest BCUT2D eigenvalue weighted by Crippen LogP contribution is -1.97. The average Bonchev–Trinajstić information content (AvgIpc) is 2.77. The second-order valence-corrected chi connectivity index (χ2v) is 4.18. The van der Waals surface area contributed by atoms with Crippen molar-refractivity contribution in [2.75, 3.05) is 14.2 Å². The van der Waals surface area contributed by atoms with Gasteiger partial charge in [-0.3, -0.25) is 9.48 Å². The summed E-state index contributed by atoms with van der Waals surface area (Å²) >= 11 is 0. The first-order valence-electron chi connectivity index (χ1n) is 5.82. The van der Waals surface area contributed by atoms with Crippen molar-refractivity contribution in [3.05, 3.63) is 29.6 Å². The predicted molar refractivity (Wildman–Crippen MR) is 71.9 cm³/mol. The summed E-state index contributed by atoms with van der Waals surface area (Å²) in [6, 6.07) is 3.47. The lowest BCUT2D eigenvalue weighted by Gasteiger charge is -2.12. The van der Waals surface area contributed by atoms with Gasteiger partial charge in [0.15, 0.2) is 17.8 Å². The van der Waals surface area contributed by atoms with E-state index in [0.29, 0.717) is 17.1 Å². The van der Waals surface area contributed by atoms with Crippen LogP contribution in [0.15, 0.2) is 18.3 Å². The molecule has 2 rings (SSSR count). The van der Waals surface area contributed by atoms with Crippen molar-refractivity contribution in [3.8, 4) is 22.6 Å². The van der Waals surface area contributed by atoms with Gasteiger partial charge in [0.05, 0.1) is 20.4 Å². The molecule has 0 unspecified atom stereocenters. The van der Waals surface area contributed by atoms with Crippen LogP contribution in [0, 0.1) is 6.92 Å². The molecule has 19 heavy (non-hydrogen) atoms. The number of hydrogen-bond donors (Lipinski definition) is 0. The SMILES string of the molecule is COc1cc(C=O)c(-c2cnn(C)c2C)cc1OC. The highest BCUT2D eigenvalue weighted by Crippen LogP contribution is 2.36. The van der Waals surface area contributed by atoms with Gasteiger partial charge < -0.3 is 9.47 Å². The molecule has 0 aliphatic heterocycles. The molecule has 0 saturated carbocycles. The van der Waals surface area contributed by atoms with E-state index >= 15 is 0 Å². The van der Waals surface area contributed by atoms with Crippen molar-refractivity contribution < 1.29 is 14.3 Å². The molecule has 0 fully saturated rings. The Morgan fingerprint density at radius 3 is 2.26 bits per heavy atom. The third kappa shape index (κ3) is 2.19. The zero-order valence-corrected chi connectivity index (χ0v) is 11.4. The smallest absolute Gasteiger partial charge is 0.161 e. The third-order valence-electron chi connectivity index (χ3n) is 3.21. The first-order chi connectivity index (χ1) is 9.12. The summed E-state index contributed by atoms with van der Waals surface area (Å²) in [5.41, 5.74) is 3.23. The number of aryl methyl sites for hydroxylation is 1.